The lowest BCUT2D eigenvalue weighted by atomic mass is 10.1. The van der Waals surface area contributed by atoms with Gasteiger partial charge in [0.2, 0.25) is 0 Å². The van der Waals surface area contributed by atoms with Crippen LogP contribution in [0.4, 0.5) is 10.5 Å². The lowest BCUT2D eigenvalue weighted by Crippen LogP contribution is -2.21. The zero-order valence-electron chi connectivity index (χ0n) is 10.9. The van der Waals surface area contributed by atoms with Gasteiger partial charge in [0.1, 0.15) is 6.10 Å². The maximum Gasteiger partial charge on any atom is 0.411 e. The maximum absolute atomic E-state index is 11.7. The molecule has 0 spiro atoms. The third-order valence-corrected chi connectivity index (χ3v) is 2.69. The number of benzene rings is 2. The van der Waals surface area contributed by atoms with Crippen LogP contribution >= 0.6 is 0 Å². The average molecular weight is 255 g/mol. The number of anilines is 1. The highest BCUT2D eigenvalue weighted by atomic mass is 16.6. The Labute approximate surface area is 113 Å². The standard InChI is InChI=1S/C16H17NO2/c1-13(12-14-8-4-2-5-9-14)19-16(18)17-15-10-6-3-7-11-15/h2-11,13H,12H2,1H3,(H,17,18). The summed E-state index contributed by atoms with van der Waals surface area (Å²) < 4.78 is 5.31. The molecule has 1 atom stereocenters. The van der Waals surface area contributed by atoms with Gasteiger partial charge in [0, 0.05) is 12.1 Å². The molecule has 19 heavy (non-hydrogen) atoms. The van der Waals surface area contributed by atoms with Crippen molar-refractivity contribution in [3.63, 3.8) is 0 Å². The normalized spacial score (nSPS) is 11.6. The summed E-state index contributed by atoms with van der Waals surface area (Å²) in [6.45, 7) is 1.89. The molecule has 1 amide bonds. The Morgan fingerprint density at radius 1 is 1.05 bits per heavy atom. The summed E-state index contributed by atoms with van der Waals surface area (Å²) in [6, 6.07) is 19.2. The molecule has 0 aromatic heterocycles. The molecule has 0 saturated carbocycles. The first-order chi connectivity index (χ1) is 9.24. The summed E-state index contributed by atoms with van der Waals surface area (Å²) in [7, 11) is 0. The highest BCUT2D eigenvalue weighted by Crippen LogP contribution is 2.09. The predicted molar refractivity (Wildman–Crippen MR) is 76.2 cm³/mol. The van der Waals surface area contributed by atoms with Crippen LogP contribution in [0.15, 0.2) is 60.7 Å². The second-order valence-corrected chi connectivity index (χ2v) is 4.40. The highest BCUT2D eigenvalue weighted by Gasteiger charge is 2.10. The summed E-state index contributed by atoms with van der Waals surface area (Å²) in [5.41, 5.74) is 1.89. The minimum absolute atomic E-state index is 0.161. The van der Waals surface area contributed by atoms with E-state index in [4.69, 9.17) is 4.74 Å². The van der Waals surface area contributed by atoms with E-state index < -0.39 is 6.09 Å². The van der Waals surface area contributed by atoms with Gasteiger partial charge in [0.15, 0.2) is 0 Å². The van der Waals surface area contributed by atoms with Gasteiger partial charge < -0.3 is 4.74 Å². The van der Waals surface area contributed by atoms with Crippen molar-refractivity contribution in [3.05, 3.63) is 66.2 Å². The molecule has 3 heteroatoms. The molecule has 2 aromatic rings. The van der Waals surface area contributed by atoms with E-state index in [2.05, 4.69) is 5.32 Å². The number of nitrogens with one attached hydrogen (secondary N) is 1. The highest BCUT2D eigenvalue weighted by molar-refractivity contribution is 5.84. The average Bonchev–Trinajstić information content (AvgIpc) is 2.40. The Morgan fingerprint density at radius 2 is 1.63 bits per heavy atom. The Bertz CT molecular complexity index is 511. The molecule has 2 rings (SSSR count). The molecule has 0 aliphatic carbocycles. The number of rotatable bonds is 4. The summed E-state index contributed by atoms with van der Waals surface area (Å²) in [5.74, 6) is 0. The van der Waals surface area contributed by atoms with Crippen LogP contribution in [0.2, 0.25) is 0 Å². The van der Waals surface area contributed by atoms with Gasteiger partial charge in [-0.3, -0.25) is 5.32 Å². The van der Waals surface area contributed by atoms with Gasteiger partial charge in [-0.25, -0.2) is 4.79 Å². The topological polar surface area (TPSA) is 38.3 Å². The molecular weight excluding hydrogens is 238 g/mol. The first kappa shape index (κ1) is 13.1. The van der Waals surface area contributed by atoms with Crippen molar-refractivity contribution in [3.8, 4) is 0 Å². The number of para-hydroxylation sites is 1. The van der Waals surface area contributed by atoms with E-state index in [0.29, 0.717) is 6.42 Å². The Kier molecular flexibility index (Phi) is 4.56. The lowest BCUT2D eigenvalue weighted by Gasteiger charge is -2.14. The van der Waals surface area contributed by atoms with Crippen molar-refractivity contribution in [1.29, 1.82) is 0 Å². The molecule has 0 aliphatic rings. The molecule has 1 unspecified atom stereocenters. The van der Waals surface area contributed by atoms with Gasteiger partial charge in [-0.05, 0) is 24.6 Å². The van der Waals surface area contributed by atoms with E-state index in [-0.39, 0.29) is 6.10 Å². The molecule has 0 radical (unpaired) electrons. The number of carbonyl (C=O) groups excluding carboxylic acids is 1. The second-order valence-electron chi connectivity index (χ2n) is 4.40. The largest absolute Gasteiger partial charge is 0.446 e. The van der Waals surface area contributed by atoms with Crippen molar-refractivity contribution in [2.45, 2.75) is 19.4 Å². The maximum atomic E-state index is 11.7. The van der Waals surface area contributed by atoms with Crippen LogP contribution in [0.25, 0.3) is 0 Å². The van der Waals surface area contributed by atoms with Gasteiger partial charge in [-0.15, -0.1) is 0 Å². The van der Waals surface area contributed by atoms with Crippen LogP contribution in [-0.4, -0.2) is 12.2 Å². The van der Waals surface area contributed by atoms with Crippen LogP contribution in [-0.2, 0) is 11.2 Å². The third-order valence-electron chi connectivity index (χ3n) is 2.69. The molecule has 0 saturated heterocycles. The molecule has 1 N–H and O–H groups in total. The quantitative estimate of drug-likeness (QED) is 0.900. The Balaban J connectivity index is 1.82. The fourth-order valence-corrected chi connectivity index (χ4v) is 1.84. The molecule has 0 fully saturated rings. The minimum Gasteiger partial charge on any atom is -0.446 e. The van der Waals surface area contributed by atoms with E-state index >= 15 is 0 Å². The van der Waals surface area contributed by atoms with Crippen LogP contribution in [0.3, 0.4) is 0 Å². The predicted octanol–water partition coefficient (Wildman–Crippen LogP) is 3.87. The number of hydrogen-bond donors (Lipinski definition) is 1. The molecular formula is C16H17NO2. The minimum atomic E-state index is -0.422. The zero-order chi connectivity index (χ0) is 13.5. The SMILES string of the molecule is CC(Cc1ccccc1)OC(=O)Nc1ccccc1. The van der Waals surface area contributed by atoms with Crippen molar-refractivity contribution in [2.24, 2.45) is 0 Å². The molecule has 2 aromatic carbocycles. The molecule has 0 bridgehead atoms. The lowest BCUT2D eigenvalue weighted by molar-refractivity contribution is 0.120. The second kappa shape index (κ2) is 6.59. The van der Waals surface area contributed by atoms with Crippen LogP contribution in [0, 0.1) is 0 Å². The van der Waals surface area contributed by atoms with Crippen molar-refractivity contribution in [2.75, 3.05) is 5.32 Å². The van der Waals surface area contributed by atoms with E-state index in [1.807, 2.05) is 67.6 Å². The Morgan fingerprint density at radius 3 is 2.26 bits per heavy atom. The smallest absolute Gasteiger partial charge is 0.411 e. The molecule has 0 heterocycles. The van der Waals surface area contributed by atoms with Crippen molar-refractivity contribution >= 4 is 11.8 Å². The fourth-order valence-electron chi connectivity index (χ4n) is 1.84. The first-order valence-electron chi connectivity index (χ1n) is 6.30. The fraction of sp³-hybridized carbons (Fsp3) is 0.188. The van der Waals surface area contributed by atoms with Gasteiger partial charge in [0.25, 0.3) is 0 Å². The zero-order valence-corrected chi connectivity index (χ0v) is 10.9. The summed E-state index contributed by atoms with van der Waals surface area (Å²) in [4.78, 5) is 11.7. The van der Waals surface area contributed by atoms with Gasteiger partial charge in [0.05, 0.1) is 0 Å². The summed E-state index contributed by atoms with van der Waals surface area (Å²) in [5, 5.41) is 2.70. The molecule has 0 aliphatic heterocycles. The molecule has 98 valence electrons. The number of hydrogen-bond acceptors (Lipinski definition) is 2. The molecule has 3 nitrogen and oxygen atoms in total. The number of amides is 1. The van der Waals surface area contributed by atoms with Crippen molar-refractivity contribution < 1.29 is 9.53 Å². The third kappa shape index (κ3) is 4.47. The van der Waals surface area contributed by atoms with E-state index in [1.165, 1.54) is 0 Å². The van der Waals surface area contributed by atoms with Crippen LogP contribution in [0.1, 0.15) is 12.5 Å². The van der Waals surface area contributed by atoms with Crippen molar-refractivity contribution in [1.82, 2.24) is 0 Å². The van der Waals surface area contributed by atoms with Crippen LogP contribution in [0.5, 0.6) is 0 Å². The Hall–Kier alpha value is -2.29. The van der Waals surface area contributed by atoms with Gasteiger partial charge in [-0.2, -0.15) is 0 Å². The van der Waals surface area contributed by atoms with Gasteiger partial charge >= 0.3 is 6.09 Å². The van der Waals surface area contributed by atoms with Gasteiger partial charge in [-0.1, -0.05) is 48.5 Å². The summed E-state index contributed by atoms with van der Waals surface area (Å²) >= 11 is 0. The van der Waals surface area contributed by atoms with Crippen LogP contribution < -0.4 is 5.32 Å². The first-order valence-corrected chi connectivity index (χ1v) is 6.30. The number of carbonyl (C=O) groups is 1. The number of ether oxygens (including phenoxy) is 1. The monoisotopic (exact) mass is 255 g/mol. The summed E-state index contributed by atoms with van der Waals surface area (Å²) in [6.07, 6.45) is 0.129. The van der Waals surface area contributed by atoms with E-state index in [0.717, 1.165) is 11.3 Å². The van der Waals surface area contributed by atoms with E-state index in [9.17, 15) is 4.79 Å². The van der Waals surface area contributed by atoms with E-state index in [1.54, 1.807) is 0 Å².